The minimum Gasteiger partial charge on any atom is -0.314 e. The third-order valence-electron chi connectivity index (χ3n) is 2.61. The van der Waals surface area contributed by atoms with E-state index in [-0.39, 0.29) is 10.7 Å². The number of hydrogen-bond acceptors (Lipinski definition) is 3. The lowest BCUT2D eigenvalue weighted by atomic mass is 10.3. The van der Waals surface area contributed by atoms with Crippen molar-refractivity contribution in [2.24, 2.45) is 0 Å². The van der Waals surface area contributed by atoms with Gasteiger partial charge in [0.05, 0.1) is 10.7 Å². The smallest absolute Gasteiger partial charge is 0.301 e. The second-order valence-electron chi connectivity index (χ2n) is 3.86. The Morgan fingerprint density at radius 2 is 2.00 bits per heavy atom. The minimum atomic E-state index is -3.73. The molecule has 2 N–H and O–H groups in total. The summed E-state index contributed by atoms with van der Waals surface area (Å²) in [5, 5.41) is 2.93. The molecule has 1 heterocycles. The maximum absolute atomic E-state index is 13.6. The molecule has 8 heteroatoms. The highest BCUT2D eigenvalue weighted by molar-refractivity contribution is 7.90. The lowest BCUT2D eigenvalue weighted by Gasteiger charge is -2.26. The van der Waals surface area contributed by atoms with Gasteiger partial charge in [-0.25, -0.2) is 4.39 Å². The van der Waals surface area contributed by atoms with Gasteiger partial charge in [0.2, 0.25) is 0 Å². The van der Waals surface area contributed by atoms with Crippen LogP contribution in [0.25, 0.3) is 0 Å². The first-order valence-corrected chi connectivity index (χ1v) is 7.25. The summed E-state index contributed by atoms with van der Waals surface area (Å²) in [5.74, 6) is -0.766. The SMILES string of the molecule is O=S(=O)(Nc1cccc(Cl)c1F)N1CCNCC1. The number of piperazine rings is 1. The number of hydrogen-bond donors (Lipinski definition) is 2. The average molecular weight is 294 g/mol. The molecule has 18 heavy (non-hydrogen) atoms. The molecule has 5 nitrogen and oxygen atoms in total. The van der Waals surface area contributed by atoms with Crippen molar-refractivity contribution in [1.29, 1.82) is 0 Å². The van der Waals surface area contributed by atoms with Crippen LogP contribution in [0.5, 0.6) is 0 Å². The minimum absolute atomic E-state index is 0.115. The van der Waals surface area contributed by atoms with E-state index in [4.69, 9.17) is 11.6 Å². The van der Waals surface area contributed by atoms with Crippen molar-refractivity contribution in [3.63, 3.8) is 0 Å². The van der Waals surface area contributed by atoms with Gasteiger partial charge in [-0.3, -0.25) is 4.72 Å². The Hall–Kier alpha value is -0.890. The van der Waals surface area contributed by atoms with Crippen LogP contribution in [0, 0.1) is 5.82 Å². The van der Waals surface area contributed by atoms with Crippen LogP contribution in [0.15, 0.2) is 18.2 Å². The zero-order valence-electron chi connectivity index (χ0n) is 9.49. The van der Waals surface area contributed by atoms with E-state index < -0.39 is 16.0 Å². The zero-order chi connectivity index (χ0) is 13.2. The van der Waals surface area contributed by atoms with Crippen molar-refractivity contribution in [1.82, 2.24) is 9.62 Å². The molecule has 1 aliphatic rings. The molecular formula is C10H13ClFN3O2S. The monoisotopic (exact) mass is 293 g/mol. The summed E-state index contributed by atoms with van der Waals surface area (Å²) in [7, 11) is -3.73. The molecule has 100 valence electrons. The summed E-state index contributed by atoms with van der Waals surface area (Å²) in [5.41, 5.74) is -0.138. The van der Waals surface area contributed by atoms with E-state index in [0.717, 1.165) is 0 Å². The van der Waals surface area contributed by atoms with Gasteiger partial charge in [0, 0.05) is 26.2 Å². The molecule has 0 bridgehead atoms. The van der Waals surface area contributed by atoms with Gasteiger partial charge >= 0.3 is 10.2 Å². The quantitative estimate of drug-likeness (QED) is 0.875. The fraction of sp³-hybridized carbons (Fsp3) is 0.400. The molecular weight excluding hydrogens is 281 g/mol. The van der Waals surface area contributed by atoms with Gasteiger partial charge in [-0.2, -0.15) is 12.7 Å². The standard InChI is InChI=1S/C10H13ClFN3O2S/c11-8-2-1-3-9(10(8)12)14-18(16,17)15-6-4-13-5-7-15/h1-3,13-14H,4-7H2. The fourth-order valence-corrected chi connectivity index (χ4v) is 3.07. The maximum atomic E-state index is 13.6. The Labute approximate surface area is 110 Å². The molecule has 1 aromatic carbocycles. The summed E-state index contributed by atoms with van der Waals surface area (Å²) in [4.78, 5) is 0. The number of benzene rings is 1. The van der Waals surface area contributed by atoms with E-state index in [2.05, 4.69) is 10.0 Å². The summed E-state index contributed by atoms with van der Waals surface area (Å²) in [6, 6.07) is 4.18. The molecule has 0 unspecified atom stereocenters. The van der Waals surface area contributed by atoms with Gasteiger partial charge in [0.15, 0.2) is 5.82 Å². The molecule has 0 aromatic heterocycles. The van der Waals surface area contributed by atoms with Gasteiger partial charge in [-0.15, -0.1) is 0 Å². The first kappa shape index (κ1) is 13.5. The Morgan fingerprint density at radius 3 is 2.67 bits per heavy atom. The van der Waals surface area contributed by atoms with Crippen LogP contribution < -0.4 is 10.0 Å². The topological polar surface area (TPSA) is 61.4 Å². The summed E-state index contributed by atoms with van der Waals surface area (Å²) < 4.78 is 41.1. The molecule has 0 aliphatic carbocycles. The van der Waals surface area contributed by atoms with Gasteiger partial charge in [0.25, 0.3) is 0 Å². The molecule has 1 saturated heterocycles. The van der Waals surface area contributed by atoms with Crippen LogP contribution >= 0.6 is 11.6 Å². The van der Waals surface area contributed by atoms with Crippen molar-refractivity contribution < 1.29 is 12.8 Å². The first-order chi connectivity index (χ1) is 8.50. The summed E-state index contributed by atoms with van der Waals surface area (Å²) in [6.07, 6.45) is 0. The van der Waals surface area contributed by atoms with Gasteiger partial charge in [0.1, 0.15) is 0 Å². The first-order valence-electron chi connectivity index (χ1n) is 5.43. The molecule has 2 rings (SSSR count). The van der Waals surface area contributed by atoms with Crippen molar-refractivity contribution in [3.05, 3.63) is 29.0 Å². The van der Waals surface area contributed by atoms with E-state index in [1.165, 1.54) is 22.5 Å². The molecule has 1 aromatic rings. The van der Waals surface area contributed by atoms with Crippen molar-refractivity contribution in [3.8, 4) is 0 Å². The van der Waals surface area contributed by atoms with Crippen molar-refractivity contribution in [2.75, 3.05) is 30.9 Å². The van der Waals surface area contributed by atoms with E-state index in [1.54, 1.807) is 0 Å². The average Bonchev–Trinajstić information content (AvgIpc) is 2.36. The fourth-order valence-electron chi connectivity index (χ4n) is 1.67. The van der Waals surface area contributed by atoms with Crippen LogP contribution in [-0.2, 0) is 10.2 Å². The highest BCUT2D eigenvalue weighted by atomic mass is 35.5. The zero-order valence-corrected chi connectivity index (χ0v) is 11.1. The third kappa shape index (κ3) is 2.92. The van der Waals surface area contributed by atoms with Crippen LogP contribution in [0.3, 0.4) is 0 Å². The van der Waals surface area contributed by atoms with Gasteiger partial charge in [-0.05, 0) is 12.1 Å². The number of nitrogens with zero attached hydrogens (tertiary/aromatic N) is 1. The predicted molar refractivity (Wildman–Crippen MR) is 68.4 cm³/mol. The summed E-state index contributed by atoms with van der Waals surface area (Å²) in [6.45, 7) is 1.88. The van der Waals surface area contributed by atoms with Crippen molar-refractivity contribution in [2.45, 2.75) is 0 Å². The van der Waals surface area contributed by atoms with Crippen LogP contribution in [-0.4, -0.2) is 38.9 Å². The highest BCUT2D eigenvalue weighted by Crippen LogP contribution is 2.23. The second kappa shape index (κ2) is 5.40. The Balaban J connectivity index is 2.19. The van der Waals surface area contributed by atoms with Crippen molar-refractivity contribution >= 4 is 27.5 Å². The number of nitrogens with one attached hydrogen (secondary N) is 2. The van der Waals surface area contributed by atoms with E-state index >= 15 is 0 Å². The number of rotatable bonds is 3. The Bertz CT molecular complexity index is 532. The lowest BCUT2D eigenvalue weighted by molar-refractivity contribution is 0.362. The summed E-state index contributed by atoms with van der Waals surface area (Å²) >= 11 is 5.60. The molecule has 0 saturated carbocycles. The van der Waals surface area contributed by atoms with Crippen LogP contribution in [0.1, 0.15) is 0 Å². The molecule has 1 aliphatic heterocycles. The van der Waals surface area contributed by atoms with E-state index in [0.29, 0.717) is 26.2 Å². The predicted octanol–water partition coefficient (Wildman–Crippen LogP) is 1.04. The largest absolute Gasteiger partial charge is 0.314 e. The Kier molecular flexibility index (Phi) is 4.06. The molecule has 0 atom stereocenters. The van der Waals surface area contributed by atoms with Gasteiger partial charge < -0.3 is 5.32 Å². The lowest BCUT2D eigenvalue weighted by Crippen LogP contribution is -2.48. The van der Waals surface area contributed by atoms with E-state index in [1.807, 2.05) is 0 Å². The van der Waals surface area contributed by atoms with Crippen LogP contribution in [0.4, 0.5) is 10.1 Å². The van der Waals surface area contributed by atoms with Crippen LogP contribution in [0.2, 0.25) is 5.02 Å². The molecule has 0 amide bonds. The second-order valence-corrected chi connectivity index (χ2v) is 5.94. The molecule has 1 fully saturated rings. The normalized spacial score (nSPS) is 17.7. The number of anilines is 1. The third-order valence-corrected chi connectivity index (χ3v) is 4.42. The molecule has 0 spiro atoms. The van der Waals surface area contributed by atoms with Gasteiger partial charge in [-0.1, -0.05) is 17.7 Å². The molecule has 0 radical (unpaired) electrons. The number of halogens is 2. The Morgan fingerprint density at radius 1 is 1.33 bits per heavy atom. The maximum Gasteiger partial charge on any atom is 0.301 e. The highest BCUT2D eigenvalue weighted by Gasteiger charge is 2.24. The van der Waals surface area contributed by atoms with E-state index in [9.17, 15) is 12.8 Å².